The number of nitrogens with zero attached hydrogens (tertiary/aromatic N) is 2. The third-order valence-corrected chi connectivity index (χ3v) is 11.4. The fourth-order valence-corrected chi connectivity index (χ4v) is 9.76. The van der Waals surface area contributed by atoms with Crippen molar-refractivity contribution < 1.29 is 21.6 Å². The zero-order chi connectivity index (χ0) is 26.3. The van der Waals surface area contributed by atoms with E-state index in [-0.39, 0.29) is 23.0 Å². The molecular formula is C25H29N5O5S2. The summed E-state index contributed by atoms with van der Waals surface area (Å²) in [5.74, 6) is -1.90. The van der Waals surface area contributed by atoms with Gasteiger partial charge in [0.15, 0.2) is 5.82 Å². The molecule has 1 aliphatic heterocycles. The lowest BCUT2D eigenvalue weighted by molar-refractivity contribution is 0.101. The normalized spacial score (nSPS) is 22.6. The standard InChI is InChI=1S/C25H29N5O5S2/c26-13-20-14-27-23(28-20)24(31)29-22-5-4-18(19-15-36(32,33)30-37(34,35)16-19)12-21(22)17-6-10-25(11-7-17)8-2-1-3-9-25/h4-6,12,14,19,30H,1-3,7-11,15-16H2,(H,27,28)(H,29,31). The van der Waals surface area contributed by atoms with E-state index in [1.165, 1.54) is 38.3 Å². The fourth-order valence-electron chi connectivity index (χ4n) is 5.84. The first-order valence-corrected chi connectivity index (χ1v) is 15.7. The van der Waals surface area contributed by atoms with Crippen LogP contribution in [0.3, 0.4) is 0 Å². The van der Waals surface area contributed by atoms with Gasteiger partial charge in [0, 0.05) is 17.2 Å². The number of hydrogen-bond acceptors (Lipinski definition) is 7. The number of nitrogens with one attached hydrogen (secondary N) is 3. The number of aromatic nitrogens is 2. The second-order valence-electron chi connectivity index (χ2n) is 10.4. The molecule has 1 saturated carbocycles. The topological polar surface area (TPSA) is 162 Å². The van der Waals surface area contributed by atoms with E-state index in [4.69, 9.17) is 5.26 Å². The number of carbonyl (C=O) groups is 1. The summed E-state index contributed by atoms with van der Waals surface area (Å²) >= 11 is 0. The Hall–Kier alpha value is -3.01. The highest BCUT2D eigenvalue weighted by molar-refractivity contribution is 8.05. The van der Waals surface area contributed by atoms with Crippen LogP contribution < -0.4 is 9.44 Å². The number of hydrogen-bond donors (Lipinski definition) is 3. The highest BCUT2D eigenvalue weighted by Crippen LogP contribution is 2.49. The molecule has 1 amide bonds. The van der Waals surface area contributed by atoms with Crippen molar-refractivity contribution in [3.8, 4) is 6.07 Å². The summed E-state index contributed by atoms with van der Waals surface area (Å²) in [5.41, 5.74) is 3.39. The number of rotatable bonds is 4. The first kappa shape index (κ1) is 25.6. The lowest BCUT2D eigenvalue weighted by Crippen LogP contribution is -2.43. The number of benzene rings is 1. The monoisotopic (exact) mass is 543 g/mol. The molecule has 12 heteroatoms. The lowest BCUT2D eigenvalue weighted by atomic mass is 9.65. The van der Waals surface area contributed by atoms with Crippen molar-refractivity contribution in [2.75, 3.05) is 16.8 Å². The minimum atomic E-state index is -3.97. The molecule has 2 fully saturated rings. The maximum absolute atomic E-state index is 12.9. The van der Waals surface area contributed by atoms with Gasteiger partial charge in [0.2, 0.25) is 20.0 Å². The average Bonchev–Trinajstić information content (AvgIpc) is 3.33. The zero-order valence-electron chi connectivity index (χ0n) is 20.3. The summed E-state index contributed by atoms with van der Waals surface area (Å²) in [7, 11) is -7.94. The van der Waals surface area contributed by atoms with Crippen LogP contribution in [-0.2, 0) is 20.0 Å². The molecule has 37 heavy (non-hydrogen) atoms. The van der Waals surface area contributed by atoms with Crippen molar-refractivity contribution in [2.24, 2.45) is 5.41 Å². The molecule has 1 saturated heterocycles. The van der Waals surface area contributed by atoms with E-state index >= 15 is 0 Å². The van der Waals surface area contributed by atoms with Gasteiger partial charge in [-0.3, -0.25) is 4.79 Å². The molecule has 196 valence electrons. The van der Waals surface area contributed by atoms with Crippen LogP contribution in [0.5, 0.6) is 0 Å². The van der Waals surface area contributed by atoms with Gasteiger partial charge in [-0.2, -0.15) is 5.26 Å². The number of nitriles is 1. The van der Waals surface area contributed by atoms with Crippen molar-refractivity contribution in [1.29, 1.82) is 5.26 Å². The molecule has 2 aliphatic carbocycles. The van der Waals surface area contributed by atoms with E-state index in [2.05, 4.69) is 21.4 Å². The van der Waals surface area contributed by atoms with Crippen LogP contribution in [0.1, 0.15) is 84.7 Å². The maximum atomic E-state index is 12.9. The number of sulfonamides is 2. The molecule has 1 spiro atoms. The number of H-pyrrole nitrogens is 1. The lowest BCUT2D eigenvalue weighted by Gasteiger charge is -2.40. The van der Waals surface area contributed by atoms with Crippen LogP contribution in [0.25, 0.3) is 5.57 Å². The number of imidazole rings is 1. The Morgan fingerprint density at radius 3 is 2.43 bits per heavy atom. The van der Waals surface area contributed by atoms with E-state index in [0.29, 0.717) is 16.7 Å². The first-order valence-electron chi connectivity index (χ1n) is 12.4. The van der Waals surface area contributed by atoms with E-state index in [1.807, 2.05) is 12.1 Å². The first-order chi connectivity index (χ1) is 17.6. The summed E-state index contributed by atoms with van der Waals surface area (Å²) in [4.78, 5) is 19.5. The average molecular weight is 544 g/mol. The minimum absolute atomic E-state index is 0.000834. The molecule has 0 bridgehead atoms. The Balaban J connectivity index is 1.49. The van der Waals surface area contributed by atoms with Crippen molar-refractivity contribution in [2.45, 2.75) is 57.3 Å². The van der Waals surface area contributed by atoms with E-state index in [9.17, 15) is 21.6 Å². The summed E-state index contributed by atoms with van der Waals surface area (Å²) in [6.45, 7) is 0. The largest absolute Gasteiger partial charge is 0.326 e. The highest BCUT2D eigenvalue weighted by Gasteiger charge is 2.36. The van der Waals surface area contributed by atoms with E-state index in [1.54, 1.807) is 16.3 Å². The van der Waals surface area contributed by atoms with Gasteiger partial charge in [-0.25, -0.2) is 21.8 Å². The van der Waals surface area contributed by atoms with E-state index in [0.717, 1.165) is 30.4 Å². The van der Waals surface area contributed by atoms with Gasteiger partial charge in [-0.15, -0.1) is 4.13 Å². The van der Waals surface area contributed by atoms with Crippen molar-refractivity contribution in [3.63, 3.8) is 0 Å². The highest BCUT2D eigenvalue weighted by atomic mass is 32.3. The van der Waals surface area contributed by atoms with E-state index < -0.39 is 31.9 Å². The quantitative estimate of drug-likeness (QED) is 0.532. The predicted octanol–water partition coefficient (Wildman–Crippen LogP) is 3.40. The van der Waals surface area contributed by atoms with Crippen molar-refractivity contribution in [1.82, 2.24) is 14.1 Å². The second-order valence-corrected chi connectivity index (χ2v) is 14.1. The Labute approximate surface area is 216 Å². The number of anilines is 1. The van der Waals surface area contributed by atoms with Gasteiger partial charge in [0.25, 0.3) is 5.91 Å². The molecule has 2 heterocycles. The Morgan fingerprint density at radius 2 is 1.81 bits per heavy atom. The molecule has 1 aromatic carbocycles. The summed E-state index contributed by atoms with van der Waals surface area (Å²) in [5, 5.41) is 11.9. The molecule has 2 aromatic rings. The van der Waals surface area contributed by atoms with Gasteiger partial charge >= 0.3 is 0 Å². The number of carbonyl (C=O) groups excluding carboxylic acids is 1. The van der Waals surface area contributed by atoms with Crippen molar-refractivity contribution in [3.05, 3.63) is 53.1 Å². The van der Waals surface area contributed by atoms with Gasteiger partial charge in [0.1, 0.15) is 11.8 Å². The molecular weight excluding hydrogens is 514 g/mol. The molecule has 3 N–H and O–H groups in total. The van der Waals surface area contributed by atoms with Crippen molar-refractivity contribution >= 4 is 37.2 Å². The van der Waals surface area contributed by atoms with Crippen LogP contribution in [0.4, 0.5) is 5.69 Å². The second kappa shape index (κ2) is 9.70. The Kier molecular flexibility index (Phi) is 6.72. The smallest absolute Gasteiger partial charge is 0.291 e. The Bertz CT molecular complexity index is 1480. The van der Waals surface area contributed by atoms with Crippen LogP contribution in [0.15, 0.2) is 30.5 Å². The third-order valence-electron chi connectivity index (χ3n) is 7.74. The third kappa shape index (κ3) is 5.63. The molecule has 1 aromatic heterocycles. The molecule has 10 nitrogen and oxygen atoms in total. The number of aromatic amines is 1. The molecule has 0 atom stereocenters. The summed E-state index contributed by atoms with van der Waals surface area (Å²) < 4.78 is 50.6. The summed E-state index contributed by atoms with van der Waals surface area (Å²) in [6, 6.07) is 7.06. The van der Waals surface area contributed by atoms with Gasteiger partial charge < -0.3 is 10.3 Å². The van der Waals surface area contributed by atoms with Crippen LogP contribution >= 0.6 is 0 Å². The SMILES string of the molecule is N#Cc1cnc(C(=O)Nc2ccc(C3CS(=O)(=O)NS(=O)(=O)C3)cc2C2=CCC3(CCCCC3)CC2)[nH]1. The molecule has 5 rings (SSSR count). The van der Waals surface area contributed by atoms with Gasteiger partial charge in [0.05, 0.1) is 17.7 Å². The Morgan fingerprint density at radius 1 is 1.08 bits per heavy atom. The minimum Gasteiger partial charge on any atom is -0.326 e. The number of allylic oxidation sites excluding steroid dienone is 2. The summed E-state index contributed by atoms with van der Waals surface area (Å²) in [6.07, 6.45) is 12.5. The zero-order valence-corrected chi connectivity index (χ0v) is 21.9. The van der Waals surface area contributed by atoms with Crippen LogP contribution in [-0.4, -0.2) is 44.2 Å². The van der Waals surface area contributed by atoms with Gasteiger partial charge in [-0.1, -0.05) is 31.4 Å². The fraction of sp³-hybridized carbons (Fsp3) is 0.480. The molecule has 3 aliphatic rings. The number of amides is 1. The van der Waals surface area contributed by atoms with Crippen LogP contribution in [0.2, 0.25) is 0 Å². The van der Waals surface area contributed by atoms with Gasteiger partial charge in [-0.05, 0) is 60.8 Å². The maximum Gasteiger partial charge on any atom is 0.291 e. The predicted molar refractivity (Wildman–Crippen MR) is 138 cm³/mol. The van der Waals surface area contributed by atoms with Crippen LogP contribution in [0, 0.1) is 16.7 Å². The molecule has 0 unspecified atom stereocenters. The molecule has 0 radical (unpaired) electrons.